The van der Waals surface area contributed by atoms with Crippen LogP contribution in [-0.2, 0) is 0 Å². The van der Waals surface area contributed by atoms with E-state index in [1.165, 1.54) is 66.0 Å². The minimum atomic E-state index is 0.314. The van der Waals surface area contributed by atoms with Gasteiger partial charge in [-0.2, -0.15) is 0 Å². The molecule has 0 aliphatic heterocycles. The van der Waals surface area contributed by atoms with Gasteiger partial charge < -0.3 is 9.47 Å². The molecule has 11 rings (SSSR count). The molecule has 0 radical (unpaired) electrons. The van der Waals surface area contributed by atoms with E-state index >= 15 is 0 Å². The first kappa shape index (κ1) is 32.3. The van der Waals surface area contributed by atoms with Crippen molar-refractivity contribution < 1.29 is 0 Å². The SMILES string of the molecule is C1=CC2C(c3ccc(N(c4ccccc4)c4cccc(-c5cc6ccccc6c6c5c5ccccc5n6-c5ccccc5)c4)cc3)=Cc3ccccc3C2C=C1. The lowest BCUT2D eigenvalue weighted by Crippen LogP contribution is -2.17. The van der Waals surface area contributed by atoms with E-state index in [0.29, 0.717) is 11.8 Å². The summed E-state index contributed by atoms with van der Waals surface area (Å²) in [6, 6.07) is 68.7. The van der Waals surface area contributed by atoms with Gasteiger partial charge in [0.15, 0.2) is 0 Å². The third kappa shape index (κ3) is 5.26. The van der Waals surface area contributed by atoms with Gasteiger partial charge in [-0.3, -0.25) is 0 Å². The number of hydrogen-bond donors (Lipinski definition) is 0. The fourth-order valence-corrected chi connectivity index (χ4v) is 9.23. The van der Waals surface area contributed by atoms with Gasteiger partial charge in [-0.05, 0) is 99.4 Å². The predicted octanol–water partition coefficient (Wildman–Crippen LogP) is 14.5. The third-order valence-electron chi connectivity index (χ3n) is 11.7. The van der Waals surface area contributed by atoms with Crippen LogP contribution in [0.4, 0.5) is 17.1 Å². The average Bonchev–Trinajstić information content (AvgIpc) is 3.63. The molecule has 0 amide bonds. The molecule has 0 fully saturated rings. The lowest BCUT2D eigenvalue weighted by molar-refractivity contribution is 0.709. The molecule has 1 aromatic heterocycles. The van der Waals surface area contributed by atoms with Gasteiger partial charge in [0.1, 0.15) is 0 Å². The number of hydrogen-bond acceptors (Lipinski definition) is 1. The Morgan fingerprint density at radius 3 is 1.96 bits per heavy atom. The summed E-state index contributed by atoms with van der Waals surface area (Å²) in [5.74, 6) is 0.664. The van der Waals surface area contributed by atoms with E-state index in [1.807, 2.05) is 0 Å². The molecule has 9 aromatic rings. The summed E-state index contributed by atoms with van der Waals surface area (Å²) in [6.07, 6.45) is 11.5. The second-order valence-electron chi connectivity index (χ2n) is 14.9. The van der Waals surface area contributed by atoms with Crippen LogP contribution in [-0.4, -0.2) is 4.57 Å². The smallest absolute Gasteiger partial charge is 0.0625 e. The van der Waals surface area contributed by atoms with E-state index in [0.717, 1.165) is 22.7 Å². The van der Waals surface area contributed by atoms with Crippen molar-refractivity contribution in [1.29, 1.82) is 0 Å². The van der Waals surface area contributed by atoms with Crippen molar-refractivity contribution in [1.82, 2.24) is 4.57 Å². The van der Waals surface area contributed by atoms with Gasteiger partial charge in [0, 0.05) is 50.7 Å². The zero-order chi connectivity index (χ0) is 37.0. The fourth-order valence-electron chi connectivity index (χ4n) is 9.23. The normalized spacial score (nSPS) is 15.8. The lowest BCUT2D eigenvalue weighted by Gasteiger charge is -2.33. The summed E-state index contributed by atoms with van der Waals surface area (Å²) in [5, 5.41) is 4.98. The maximum atomic E-state index is 2.44. The molecule has 1 heterocycles. The zero-order valence-electron chi connectivity index (χ0n) is 30.8. The third-order valence-corrected chi connectivity index (χ3v) is 11.7. The van der Waals surface area contributed by atoms with Gasteiger partial charge in [0.05, 0.1) is 11.0 Å². The molecule has 0 bridgehead atoms. The highest BCUT2D eigenvalue weighted by Gasteiger charge is 2.30. The molecule has 8 aromatic carbocycles. The summed E-state index contributed by atoms with van der Waals surface area (Å²) in [4.78, 5) is 2.38. The summed E-state index contributed by atoms with van der Waals surface area (Å²) >= 11 is 0. The number of allylic oxidation sites excluding steroid dienone is 5. The Balaban J connectivity index is 1.07. The van der Waals surface area contributed by atoms with Crippen LogP contribution in [0.2, 0.25) is 0 Å². The van der Waals surface area contributed by atoms with Crippen LogP contribution >= 0.6 is 0 Å². The minimum absolute atomic E-state index is 0.314. The second-order valence-corrected chi connectivity index (χ2v) is 14.9. The molecule has 2 aliphatic rings. The number of para-hydroxylation sites is 3. The van der Waals surface area contributed by atoms with E-state index in [2.05, 4.69) is 228 Å². The van der Waals surface area contributed by atoms with Gasteiger partial charge in [-0.15, -0.1) is 0 Å². The fraction of sp³-hybridized carbons (Fsp3) is 0.0370. The Morgan fingerprint density at radius 2 is 1.12 bits per heavy atom. The van der Waals surface area contributed by atoms with Crippen molar-refractivity contribution in [3.63, 3.8) is 0 Å². The van der Waals surface area contributed by atoms with Crippen molar-refractivity contribution in [3.05, 3.63) is 229 Å². The van der Waals surface area contributed by atoms with E-state index in [9.17, 15) is 0 Å². The highest BCUT2D eigenvalue weighted by atomic mass is 15.1. The predicted molar refractivity (Wildman–Crippen MR) is 237 cm³/mol. The van der Waals surface area contributed by atoms with Gasteiger partial charge in [-0.1, -0.05) is 158 Å². The van der Waals surface area contributed by atoms with Gasteiger partial charge in [-0.25, -0.2) is 0 Å². The first-order valence-electron chi connectivity index (χ1n) is 19.5. The molecule has 2 heteroatoms. The zero-order valence-corrected chi connectivity index (χ0v) is 30.8. The molecule has 0 N–H and O–H groups in total. The first-order chi connectivity index (χ1) is 27.8. The van der Waals surface area contributed by atoms with Crippen LogP contribution in [0.15, 0.2) is 212 Å². The minimum Gasteiger partial charge on any atom is -0.310 e. The van der Waals surface area contributed by atoms with Crippen LogP contribution < -0.4 is 4.90 Å². The van der Waals surface area contributed by atoms with Crippen molar-refractivity contribution >= 4 is 61.3 Å². The number of nitrogens with zero attached hydrogens (tertiary/aromatic N) is 2. The largest absolute Gasteiger partial charge is 0.310 e. The topological polar surface area (TPSA) is 8.17 Å². The number of benzene rings is 8. The highest BCUT2D eigenvalue weighted by Crippen LogP contribution is 2.47. The Labute approximate surface area is 327 Å². The van der Waals surface area contributed by atoms with Crippen LogP contribution in [0.3, 0.4) is 0 Å². The number of aromatic nitrogens is 1. The molecule has 0 spiro atoms. The molecule has 2 unspecified atom stereocenters. The Morgan fingerprint density at radius 1 is 0.464 bits per heavy atom. The first-order valence-corrected chi connectivity index (χ1v) is 19.5. The lowest BCUT2D eigenvalue weighted by atomic mass is 9.71. The maximum Gasteiger partial charge on any atom is 0.0625 e. The molecular weight excluding hydrogens is 677 g/mol. The van der Waals surface area contributed by atoms with Gasteiger partial charge >= 0.3 is 0 Å². The molecular formula is C54H38N2. The molecule has 0 saturated carbocycles. The standard InChI is InChI=1S/C54H38N2/c1-3-19-41(20-4-1)55(43-32-30-37(31-33-43)50-35-39-16-7-9-24-45(39)47-26-11-12-27-48(47)50)44-23-15-18-38(34-44)51-36-40-17-8-10-25-46(40)54-53(51)49-28-13-14-29-52(49)56(54)42-21-5-2-6-22-42/h1-36,47-48H. The Kier molecular flexibility index (Phi) is 7.67. The molecule has 2 nitrogen and oxygen atoms in total. The average molecular weight is 715 g/mol. The summed E-state index contributed by atoms with van der Waals surface area (Å²) in [7, 11) is 0. The van der Waals surface area contributed by atoms with Crippen LogP contribution in [0.1, 0.15) is 22.6 Å². The van der Waals surface area contributed by atoms with Crippen molar-refractivity contribution in [3.8, 4) is 16.8 Å². The van der Waals surface area contributed by atoms with E-state index in [4.69, 9.17) is 0 Å². The van der Waals surface area contributed by atoms with Crippen molar-refractivity contribution in [2.45, 2.75) is 5.92 Å². The number of fused-ring (bicyclic) bond motifs is 8. The van der Waals surface area contributed by atoms with Gasteiger partial charge in [0.2, 0.25) is 0 Å². The van der Waals surface area contributed by atoms with E-state index < -0.39 is 0 Å². The van der Waals surface area contributed by atoms with Crippen LogP contribution in [0, 0.1) is 5.92 Å². The molecule has 264 valence electrons. The summed E-state index contributed by atoms with van der Waals surface area (Å²) in [6.45, 7) is 0. The molecule has 56 heavy (non-hydrogen) atoms. The summed E-state index contributed by atoms with van der Waals surface area (Å²) < 4.78 is 2.44. The molecule has 2 atom stereocenters. The van der Waals surface area contributed by atoms with Crippen LogP contribution in [0.5, 0.6) is 0 Å². The second kappa shape index (κ2) is 13.3. The number of anilines is 3. The quantitative estimate of drug-likeness (QED) is 0.166. The molecule has 2 aliphatic carbocycles. The van der Waals surface area contributed by atoms with Crippen LogP contribution in [0.25, 0.3) is 61.0 Å². The summed E-state index contributed by atoms with van der Waals surface area (Å²) in [5.41, 5.74) is 14.7. The van der Waals surface area contributed by atoms with E-state index in [1.54, 1.807) is 0 Å². The Hall–Kier alpha value is -7.16. The Bertz CT molecular complexity index is 3020. The maximum absolute atomic E-state index is 2.44. The highest BCUT2D eigenvalue weighted by molar-refractivity contribution is 6.24. The van der Waals surface area contributed by atoms with Gasteiger partial charge in [0.25, 0.3) is 0 Å². The van der Waals surface area contributed by atoms with Crippen molar-refractivity contribution in [2.24, 2.45) is 5.92 Å². The monoisotopic (exact) mass is 714 g/mol. The van der Waals surface area contributed by atoms with E-state index in [-0.39, 0.29) is 0 Å². The number of rotatable bonds is 6. The van der Waals surface area contributed by atoms with Crippen molar-refractivity contribution in [2.75, 3.05) is 4.90 Å². The molecule has 0 saturated heterocycles.